The van der Waals surface area contributed by atoms with Crippen LogP contribution in [0.2, 0.25) is 0 Å². The summed E-state index contributed by atoms with van der Waals surface area (Å²) in [7, 11) is 0. The molecule has 1 nitrogen and oxygen atoms in total. The number of benzene rings is 1. The molecule has 0 radical (unpaired) electrons. The first kappa shape index (κ1) is 16.2. The van der Waals surface area contributed by atoms with Crippen LogP contribution in [0.5, 0.6) is 5.75 Å². The maximum atomic E-state index is 12.0. The monoisotopic (exact) mass is 334 g/mol. The third-order valence-electron chi connectivity index (χ3n) is 1.85. The van der Waals surface area contributed by atoms with Gasteiger partial charge in [0.25, 0.3) is 0 Å². The Kier molecular flexibility index (Phi) is 5.84. The van der Waals surface area contributed by atoms with Crippen molar-refractivity contribution in [2.45, 2.75) is 18.0 Å². The lowest BCUT2D eigenvalue weighted by atomic mass is 10.3. The summed E-state index contributed by atoms with van der Waals surface area (Å²) in [6, 6.07) is 6.29. The Balaban J connectivity index is 2.61. The maximum Gasteiger partial charge on any atom is 0.398 e. The molecule has 0 amide bonds. The second-order valence-electron chi connectivity index (χ2n) is 3.37. The fourth-order valence-corrected chi connectivity index (χ4v) is 2.71. The number of rotatable bonds is 5. The molecular weight excluding hydrogens is 324 g/mol. The highest BCUT2D eigenvalue weighted by Gasteiger charge is 2.27. The molecule has 0 saturated carbocycles. The average Bonchev–Trinajstić information content (AvgIpc) is 2.27. The second-order valence-corrected chi connectivity index (χ2v) is 10.4. The van der Waals surface area contributed by atoms with Gasteiger partial charge in [-0.2, -0.15) is 13.2 Å². The van der Waals surface area contributed by atoms with Crippen LogP contribution in [-0.2, 0) is 11.8 Å². The minimum absolute atomic E-state index is 0.492. The standard InChI is InChI=1S/C10H11ClF3OPS2/c1-2-16(11,17)15-8-3-5-9(6-4-8)18-7-10(12,13)14/h3-6H,2,7H2,1H3. The van der Waals surface area contributed by atoms with Crippen LogP contribution in [0.1, 0.15) is 6.92 Å². The average molecular weight is 335 g/mol. The molecule has 1 atom stereocenters. The molecule has 0 aromatic heterocycles. The molecule has 0 heterocycles. The Hall–Kier alpha value is 0.1000. The van der Waals surface area contributed by atoms with E-state index in [0.29, 0.717) is 16.8 Å². The molecule has 1 aromatic rings. The highest BCUT2D eigenvalue weighted by atomic mass is 35.7. The molecule has 0 N–H and O–H groups in total. The molecule has 0 aliphatic rings. The summed E-state index contributed by atoms with van der Waals surface area (Å²) in [6.45, 7) is 1.83. The van der Waals surface area contributed by atoms with Crippen molar-refractivity contribution in [3.8, 4) is 5.75 Å². The third kappa shape index (κ3) is 6.32. The van der Waals surface area contributed by atoms with Gasteiger partial charge in [0.2, 0.25) is 0 Å². The van der Waals surface area contributed by atoms with E-state index in [1.165, 1.54) is 0 Å². The van der Waals surface area contributed by atoms with Crippen LogP contribution in [0.4, 0.5) is 13.2 Å². The summed E-state index contributed by atoms with van der Waals surface area (Å²) < 4.78 is 41.5. The van der Waals surface area contributed by atoms with E-state index in [-0.39, 0.29) is 0 Å². The molecule has 0 bridgehead atoms. The summed E-state index contributed by atoms with van der Waals surface area (Å²) in [5.74, 6) is -0.415. The van der Waals surface area contributed by atoms with Crippen molar-refractivity contribution in [3.63, 3.8) is 0 Å². The van der Waals surface area contributed by atoms with E-state index in [1.54, 1.807) is 24.3 Å². The van der Waals surface area contributed by atoms with Crippen LogP contribution in [0.25, 0.3) is 0 Å². The zero-order valence-electron chi connectivity index (χ0n) is 9.41. The summed E-state index contributed by atoms with van der Waals surface area (Å²) in [5, 5.41) is 0. The molecule has 0 saturated heterocycles. The van der Waals surface area contributed by atoms with Crippen LogP contribution in [0.15, 0.2) is 29.2 Å². The van der Waals surface area contributed by atoms with E-state index in [1.807, 2.05) is 6.92 Å². The van der Waals surface area contributed by atoms with Gasteiger partial charge in [0.15, 0.2) is 5.62 Å². The van der Waals surface area contributed by atoms with E-state index < -0.39 is 17.5 Å². The number of halogens is 4. The molecule has 0 spiro atoms. The SMILES string of the molecule is CCP(=S)(Cl)Oc1ccc(SCC(F)(F)F)cc1. The van der Waals surface area contributed by atoms with Gasteiger partial charge in [-0.05, 0) is 47.3 Å². The fourth-order valence-electron chi connectivity index (χ4n) is 0.984. The van der Waals surface area contributed by atoms with Gasteiger partial charge in [-0.15, -0.1) is 11.8 Å². The number of hydrogen-bond acceptors (Lipinski definition) is 3. The largest absolute Gasteiger partial charge is 0.453 e. The molecule has 0 aliphatic heterocycles. The summed E-state index contributed by atoms with van der Waals surface area (Å²) in [6.07, 6.45) is -3.62. The fraction of sp³-hybridized carbons (Fsp3) is 0.400. The van der Waals surface area contributed by atoms with E-state index in [4.69, 9.17) is 27.6 Å². The number of alkyl halides is 3. The summed E-state index contributed by atoms with van der Waals surface area (Å²) in [4.78, 5) is 0.527. The van der Waals surface area contributed by atoms with Gasteiger partial charge in [0.1, 0.15) is 5.75 Å². The van der Waals surface area contributed by atoms with Crippen molar-refractivity contribution in [1.82, 2.24) is 0 Å². The van der Waals surface area contributed by atoms with Crippen LogP contribution < -0.4 is 4.52 Å². The van der Waals surface area contributed by atoms with Gasteiger partial charge in [0, 0.05) is 11.1 Å². The van der Waals surface area contributed by atoms with Crippen LogP contribution in [0, 0.1) is 0 Å². The van der Waals surface area contributed by atoms with Crippen LogP contribution >= 0.6 is 28.6 Å². The van der Waals surface area contributed by atoms with Gasteiger partial charge in [-0.1, -0.05) is 6.92 Å². The van der Waals surface area contributed by atoms with Crippen molar-refractivity contribution >= 4 is 40.4 Å². The van der Waals surface area contributed by atoms with Gasteiger partial charge in [0.05, 0.1) is 5.75 Å². The number of thioether (sulfide) groups is 1. The Morgan fingerprint density at radius 1 is 1.33 bits per heavy atom. The molecular formula is C10H11ClF3OPS2. The van der Waals surface area contributed by atoms with Crippen molar-refractivity contribution in [2.75, 3.05) is 11.9 Å². The van der Waals surface area contributed by atoms with Crippen molar-refractivity contribution in [1.29, 1.82) is 0 Å². The third-order valence-corrected chi connectivity index (χ3v) is 6.08. The van der Waals surface area contributed by atoms with E-state index in [9.17, 15) is 13.2 Å². The Labute approximate surface area is 118 Å². The molecule has 1 rings (SSSR count). The summed E-state index contributed by atoms with van der Waals surface area (Å²) >= 11 is 11.8. The molecule has 102 valence electrons. The Bertz CT molecular complexity index is 436. The van der Waals surface area contributed by atoms with Crippen molar-refractivity contribution in [2.24, 2.45) is 0 Å². The lowest BCUT2D eigenvalue weighted by molar-refractivity contribution is -0.105. The van der Waals surface area contributed by atoms with Crippen molar-refractivity contribution in [3.05, 3.63) is 24.3 Å². The molecule has 8 heteroatoms. The molecule has 0 aliphatic carbocycles. The van der Waals surface area contributed by atoms with Gasteiger partial charge in [-0.3, -0.25) is 0 Å². The topological polar surface area (TPSA) is 9.23 Å². The second kappa shape index (κ2) is 6.51. The quantitative estimate of drug-likeness (QED) is 0.535. The lowest BCUT2D eigenvalue weighted by Gasteiger charge is -2.14. The first-order valence-corrected chi connectivity index (χ1v) is 9.79. The highest BCUT2D eigenvalue weighted by Crippen LogP contribution is 2.52. The van der Waals surface area contributed by atoms with Crippen LogP contribution in [-0.4, -0.2) is 18.1 Å². The lowest BCUT2D eigenvalue weighted by Crippen LogP contribution is -2.10. The first-order chi connectivity index (χ1) is 8.22. The van der Waals surface area contributed by atoms with E-state index >= 15 is 0 Å². The zero-order chi connectivity index (χ0) is 13.8. The number of hydrogen-bond donors (Lipinski definition) is 0. The van der Waals surface area contributed by atoms with Gasteiger partial charge >= 0.3 is 6.18 Å². The molecule has 0 fully saturated rings. The first-order valence-electron chi connectivity index (χ1n) is 5.00. The maximum absolute atomic E-state index is 12.0. The highest BCUT2D eigenvalue weighted by molar-refractivity contribution is 8.24. The molecule has 18 heavy (non-hydrogen) atoms. The zero-order valence-corrected chi connectivity index (χ0v) is 12.7. The predicted octanol–water partition coefficient (Wildman–Crippen LogP) is 5.29. The molecule has 1 unspecified atom stereocenters. The van der Waals surface area contributed by atoms with Gasteiger partial charge in [-0.25, -0.2) is 0 Å². The Morgan fingerprint density at radius 2 is 1.89 bits per heavy atom. The minimum Gasteiger partial charge on any atom is -0.453 e. The minimum atomic E-state index is -4.17. The smallest absolute Gasteiger partial charge is 0.398 e. The van der Waals surface area contributed by atoms with E-state index in [2.05, 4.69) is 0 Å². The van der Waals surface area contributed by atoms with E-state index in [0.717, 1.165) is 11.8 Å². The Morgan fingerprint density at radius 3 is 2.33 bits per heavy atom. The van der Waals surface area contributed by atoms with Gasteiger partial charge < -0.3 is 4.52 Å². The summed E-state index contributed by atoms with van der Waals surface area (Å²) in [5.41, 5.74) is -2.33. The predicted molar refractivity (Wildman–Crippen MR) is 74.5 cm³/mol. The van der Waals surface area contributed by atoms with Crippen LogP contribution in [0.3, 0.4) is 0 Å². The normalized spacial score (nSPS) is 15.2. The molecule has 1 aromatic carbocycles. The van der Waals surface area contributed by atoms with Crippen molar-refractivity contribution < 1.29 is 17.7 Å².